The third-order valence-corrected chi connectivity index (χ3v) is 3.85. The summed E-state index contributed by atoms with van der Waals surface area (Å²) in [5.74, 6) is -1.11. The number of hydrogen-bond acceptors (Lipinski definition) is 2. The molecular weight excluding hydrogens is 256 g/mol. The number of nitrogens with zero attached hydrogens (tertiary/aromatic N) is 1. The minimum absolute atomic E-state index is 0.194. The summed E-state index contributed by atoms with van der Waals surface area (Å²) in [6.45, 7) is 0.515. The van der Waals surface area contributed by atoms with Crippen LogP contribution in [0.1, 0.15) is 29.6 Å². The first-order valence-corrected chi connectivity index (χ1v) is 6.78. The SMILES string of the molecule is O=C(O)C1CCCCN1C(=O)c1ccc2[nH]ccc2c1. The van der Waals surface area contributed by atoms with Gasteiger partial charge in [0.15, 0.2) is 0 Å². The fourth-order valence-corrected chi connectivity index (χ4v) is 2.78. The van der Waals surface area contributed by atoms with Crippen LogP contribution in [0, 0.1) is 0 Å². The maximum absolute atomic E-state index is 12.5. The molecule has 20 heavy (non-hydrogen) atoms. The number of carboxylic acid groups (broad SMARTS) is 1. The highest BCUT2D eigenvalue weighted by Crippen LogP contribution is 2.22. The number of hydrogen-bond donors (Lipinski definition) is 2. The molecule has 2 aromatic rings. The van der Waals surface area contributed by atoms with Crippen molar-refractivity contribution in [1.29, 1.82) is 0 Å². The van der Waals surface area contributed by atoms with Gasteiger partial charge in [-0.1, -0.05) is 0 Å². The Morgan fingerprint density at radius 2 is 2.10 bits per heavy atom. The first-order chi connectivity index (χ1) is 9.66. The number of aromatic amines is 1. The lowest BCUT2D eigenvalue weighted by atomic mass is 10.0. The second-order valence-electron chi connectivity index (χ2n) is 5.13. The molecule has 0 saturated carbocycles. The Kier molecular flexibility index (Phi) is 3.18. The third-order valence-electron chi connectivity index (χ3n) is 3.85. The molecule has 0 bridgehead atoms. The number of amides is 1. The average Bonchev–Trinajstić information content (AvgIpc) is 2.93. The van der Waals surface area contributed by atoms with Crippen molar-refractivity contribution in [2.45, 2.75) is 25.3 Å². The van der Waals surface area contributed by atoms with E-state index in [1.165, 1.54) is 4.90 Å². The molecule has 1 aromatic heterocycles. The number of carbonyl (C=O) groups excluding carboxylic acids is 1. The number of aliphatic carboxylic acids is 1. The Morgan fingerprint density at radius 3 is 2.90 bits per heavy atom. The van der Waals surface area contributed by atoms with E-state index < -0.39 is 12.0 Å². The summed E-state index contributed by atoms with van der Waals surface area (Å²) in [6.07, 6.45) is 4.08. The van der Waals surface area contributed by atoms with Gasteiger partial charge < -0.3 is 15.0 Å². The molecule has 3 rings (SSSR count). The van der Waals surface area contributed by atoms with Crippen LogP contribution in [0.25, 0.3) is 10.9 Å². The van der Waals surface area contributed by atoms with Crippen LogP contribution in [-0.2, 0) is 4.79 Å². The van der Waals surface area contributed by atoms with Crippen molar-refractivity contribution in [3.05, 3.63) is 36.0 Å². The lowest BCUT2D eigenvalue weighted by Gasteiger charge is -2.33. The number of piperidine rings is 1. The van der Waals surface area contributed by atoms with Gasteiger partial charge in [-0.25, -0.2) is 4.79 Å². The third kappa shape index (κ3) is 2.15. The summed E-state index contributed by atoms with van der Waals surface area (Å²) < 4.78 is 0. The second-order valence-corrected chi connectivity index (χ2v) is 5.13. The number of H-pyrrole nitrogens is 1. The highest BCUT2D eigenvalue weighted by atomic mass is 16.4. The van der Waals surface area contributed by atoms with E-state index in [1.807, 2.05) is 24.4 Å². The summed E-state index contributed by atoms with van der Waals surface area (Å²) in [5.41, 5.74) is 1.51. The van der Waals surface area contributed by atoms with Crippen molar-refractivity contribution in [3.63, 3.8) is 0 Å². The molecule has 1 saturated heterocycles. The molecule has 1 fully saturated rings. The molecule has 0 spiro atoms. The highest BCUT2D eigenvalue weighted by Gasteiger charge is 2.32. The van der Waals surface area contributed by atoms with Crippen LogP contribution in [-0.4, -0.2) is 39.5 Å². The van der Waals surface area contributed by atoms with Crippen molar-refractivity contribution in [1.82, 2.24) is 9.88 Å². The van der Waals surface area contributed by atoms with E-state index in [0.29, 0.717) is 18.5 Å². The Morgan fingerprint density at radius 1 is 1.25 bits per heavy atom. The van der Waals surface area contributed by atoms with E-state index in [2.05, 4.69) is 4.98 Å². The Bertz CT molecular complexity index is 662. The minimum Gasteiger partial charge on any atom is -0.480 e. The van der Waals surface area contributed by atoms with Crippen LogP contribution in [0.4, 0.5) is 0 Å². The number of likely N-dealkylation sites (tertiary alicyclic amines) is 1. The Labute approximate surface area is 116 Å². The largest absolute Gasteiger partial charge is 0.480 e. The van der Waals surface area contributed by atoms with Gasteiger partial charge in [-0.3, -0.25) is 4.79 Å². The average molecular weight is 272 g/mol. The molecule has 0 radical (unpaired) electrons. The number of nitrogens with one attached hydrogen (secondary N) is 1. The van der Waals surface area contributed by atoms with Gasteiger partial charge >= 0.3 is 5.97 Å². The number of carboxylic acids is 1. The van der Waals surface area contributed by atoms with Gasteiger partial charge in [-0.2, -0.15) is 0 Å². The maximum atomic E-state index is 12.5. The van der Waals surface area contributed by atoms with Crippen LogP contribution in [0.5, 0.6) is 0 Å². The predicted octanol–water partition coefficient (Wildman–Crippen LogP) is 2.25. The fourth-order valence-electron chi connectivity index (χ4n) is 2.78. The quantitative estimate of drug-likeness (QED) is 0.880. The summed E-state index contributed by atoms with van der Waals surface area (Å²) in [6, 6.07) is 6.61. The Hall–Kier alpha value is -2.30. The Balaban J connectivity index is 1.91. The number of benzene rings is 1. The van der Waals surface area contributed by atoms with Gasteiger partial charge in [0, 0.05) is 29.2 Å². The molecule has 5 nitrogen and oxygen atoms in total. The molecule has 1 aromatic carbocycles. The number of fused-ring (bicyclic) bond motifs is 1. The van der Waals surface area contributed by atoms with Gasteiger partial charge in [-0.05, 0) is 43.5 Å². The van der Waals surface area contributed by atoms with Crippen molar-refractivity contribution in [3.8, 4) is 0 Å². The van der Waals surface area contributed by atoms with Crippen molar-refractivity contribution in [2.24, 2.45) is 0 Å². The summed E-state index contributed by atoms with van der Waals surface area (Å²) in [7, 11) is 0. The van der Waals surface area contributed by atoms with Crippen LogP contribution in [0.3, 0.4) is 0 Å². The van der Waals surface area contributed by atoms with E-state index in [4.69, 9.17) is 0 Å². The van der Waals surface area contributed by atoms with Gasteiger partial charge in [-0.15, -0.1) is 0 Å². The molecule has 1 aliphatic rings. The zero-order valence-corrected chi connectivity index (χ0v) is 11.0. The van der Waals surface area contributed by atoms with Gasteiger partial charge in [0.25, 0.3) is 5.91 Å². The smallest absolute Gasteiger partial charge is 0.326 e. The zero-order valence-electron chi connectivity index (χ0n) is 11.0. The normalized spacial score (nSPS) is 19.2. The van der Waals surface area contributed by atoms with E-state index in [-0.39, 0.29) is 5.91 Å². The van der Waals surface area contributed by atoms with Crippen LogP contribution in [0.2, 0.25) is 0 Å². The summed E-state index contributed by atoms with van der Waals surface area (Å²) in [5, 5.41) is 10.2. The first kappa shape index (κ1) is 12.7. The van der Waals surface area contributed by atoms with Crippen LogP contribution >= 0.6 is 0 Å². The van der Waals surface area contributed by atoms with E-state index in [0.717, 1.165) is 23.7 Å². The van der Waals surface area contributed by atoms with Crippen molar-refractivity contribution < 1.29 is 14.7 Å². The van der Waals surface area contributed by atoms with Crippen molar-refractivity contribution in [2.75, 3.05) is 6.54 Å². The molecule has 1 unspecified atom stereocenters. The first-order valence-electron chi connectivity index (χ1n) is 6.78. The van der Waals surface area contributed by atoms with Gasteiger partial charge in [0.1, 0.15) is 6.04 Å². The molecular formula is C15H16N2O3. The molecule has 104 valence electrons. The summed E-state index contributed by atoms with van der Waals surface area (Å²) in [4.78, 5) is 28.4. The summed E-state index contributed by atoms with van der Waals surface area (Å²) >= 11 is 0. The molecule has 5 heteroatoms. The maximum Gasteiger partial charge on any atom is 0.326 e. The predicted molar refractivity (Wildman–Crippen MR) is 74.6 cm³/mol. The standard InChI is InChI=1S/C15H16N2O3/c18-14(17-8-2-1-3-13(17)15(19)20)11-4-5-12-10(9-11)6-7-16-12/h4-7,9,13,16H,1-3,8H2,(H,19,20). The second kappa shape index (κ2) is 5.00. The number of rotatable bonds is 2. The molecule has 1 atom stereocenters. The van der Waals surface area contributed by atoms with E-state index in [1.54, 1.807) is 6.07 Å². The van der Waals surface area contributed by atoms with Crippen LogP contribution in [0.15, 0.2) is 30.5 Å². The van der Waals surface area contributed by atoms with Gasteiger partial charge in [0.2, 0.25) is 0 Å². The topological polar surface area (TPSA) is 73.4 Å². The van der Waals surface area contributed by atoms with E-state index >= 15 is 0 Å². The van der Waals surface area contributed by atoms with Crippen LogP contribution < -0.4 is 0 Å². The highest BCUT2D eigenvalue weighted by molar-refractivity contribution is 5.99. The molecule has 1 amide bonds. The monoisotopic (exact) mass is 272 g/mol. The lowest BCUT2D eigenvalue weighted by molar-refractivity contribution is -0.143. The van der Waals surface area contributed by atoms with E-state index in [9.17, 15) is 14.7 Å². The lowest BCUT2D eigenvalue weighted by Crippen LogP contribution is -2.47. The number of aromatic nitrogens is 1. The molecule has 0 aliphatic carbocycles. The fraction of sp³-hybridized carbons (Fsp3) is 0.333. The molecule has 2 heterocycles. The number of carbonyl (C=O) groups is 2. The molecule has 2 N–H and O–H groups in total. The minimum atomic E-state index is -0.916. The zero-order chi connectivity index (χ0) is 14.1. The van der Waals surface area contributed by atoms with Crippen molar-refractivity contribution >= 4 is 22.8 Å². The van der Waals surface area contributed by atoms with Gasteiger partial charge in [0.05, 0.1) is 0 Å². The molecule has 1 aliphatic heterocycles.